The molecule has 1 heterocycles. The van der Waals surface area contributed by atoms with Crippen LogP contribution in [-0.4, -0.2) is 61.6 Å². The van der Waals surface area contributed by atoms with Crippen LogP contribution in [0.4, 0.5) is 0 Å². The van der Waals surface area contributed by atoms with Crippen LogP contribution in [0, 0.1) is 0 Å². The monoisotopic (exact) mass is 214 g/mol. The first-order valence-corrected chi connectivity index (χ1v) is 5.55. The number of nitrogens with zero attached hydrogens (tertiary/aromatic N) is 2. The Bertz CT molecular complexity index is 221. The lowest BCUT2D eigenvalue weighted by molar-refractivity contribution is -0.142. The molecule has 1 aliphatic rings. The zero-order valence-corrected chi connectivity index (χ0v) is 10.2. The number of rotatable bonds is 3. The van der Waals surface area contributed by atoms with Gasteiger partial charge >= 0.3 is 5.97 Å². The average molecular weight is 214 g/mol. The highest BCUT2D eigenvalue weighted by Gasteiger charge is 2.25. The van der Waals surface area contributed by atoms with Gasteiger partial charge in [-0.05, 0) is 20.9 Å². The third-order valence-corrected chi connectivity index (χ3v) is 3.30. The number of carbonyl (C=O) groups is 1. The SMILES string of the molecule is COC(=O)CC(C)N1CCN(C)C(C)C1. The maximum atomic E-state index is 11.2. The molecule has 88 valence electrons. The molecular formula is C11H22N2O2. The van der Waals surface area contributed by atoms with Crippen LogP contribution in [0.25, 0.3) is 0 Å². The molecule has 0 bridgehead atoms. The van der Waals surface area contributed by atoms with Crippen molar-refractivity contribution in [2.24, 2.45) is 0 Å². The van der Waals surface area contributed by atoms with Crippen molar-refractivity contribution in [1.82, 2.24) is 9.80 Å². The van der Waals surface area contributed by atoms with E-state index >= 15 is 0 Å². The second-order valence-corrected chi connectivity index (χ2v) is 4.45. The number of piperazine rings is 1. The summed E-state index contributed by atoms with van der Waals surface area (Å²) in [5.74, 6) is -0.117. The summed E-state index contributed by atoms with van der Waals surface area (Å²) in [5, 5.41) is 0. The minimum Gasteiger partial charge on any atom is -0.469 e. The fourth-order valence-electron chi connectivity index (χ4n) is 1.93. The lowest BCUT2D eigenvalue weighted by Gasteiger charge is -2.40. The second kappa shape index (κ2) is 5.47. The normalized spacial score (nSPS) is 26.3. The van der Waals surface area contributed by atoms with Gasteiger partial charge in [-0.15, -0.1) is 0 Å². The van der Waals surface area contributed by atoms with Crippen LogP contribution in [0.5, 0.6) is 0 Å². The Balaban J connectivity index is 2.40. The molecule has 15 heavy (non-hydrogen) atoms. The number of esters is 1. The molecule has 0 radical (unpaired) electrons. The van der Waals surface area contributed by atoms with Crippen molar-refractivity contribution >= 4 is 5.97 Å². The van der Waals surface area contributed by atoms with Crippen LogP contribution in [-0.2, 0) is 9.53 Å². The van der Waals surface area contributed by atoms with Crippen molar-refractivity contribution < 1.29 is 9.53 Å². The van der Waals surface area contributed by atoms with Gasteiger partial charge < -0.3 is 9.64 Å². The largest absolute Gasteiger partial charge is 0.469 e. The lowest BCUT2D eigenvalue weighted by Crippen LogP contribution is -2.53. The molecule has 1 saturated heterocycles. The summed E-state index contributed by atoms with van der Waals surface area (Å²) in [5.41, 5.74) is 0. The van der Waals surface area contributed by atoms with Crippen molar-refractivity contribution in [1.29, 1.82) is 0 Å². The van der Waals surface area contributed by atoms with Gasteiger partial charge in [-0.25, -0.2) is 0 Å². The second-order valence-electron chi connectivity index (χ2n) is 4.45. The predicted molar refractivity (Wildman–Crippen MR) is 59.8 cm³/mol. The first kappa shape index (κ1) is 12.5. The lowest BCUT2D eigenvalue weighted by atomic mass is 10.1. The summed E-state index contributed by atoms with van der Waals surface area (Å²) in [6, 6.07) is 0.854. The van der Waals surface area contributed by atoms with Crippen molar-refractivity contribution in [3.05, 3.63) is 0 Å². The molecule has 0 amide bonds. The van der Waals surface area contributed by atoms with E-state index in [4.69, 9.17) is 0 Å². The molecule has 1 aliphatic heterocycles. The molecule has 0 aromatic heterocycles. The van der Waals surface area contributed by atoms with Crippen LogP contribution in [0.2, 0.25) is 0 Å². The number of methoxy groups -OCH3 is 1. The van der Waals surface area contributed by atoms with Crippen molar-refractivity contribution in [2.45, 2.75) is 32.4 Å². The number of ether oxygens (including phenoxy) is 1. The summed E-state index contributed by atoms with van der Waals surface area (Å²) in [7, 11) is 3.59. The number of hydrogen-bond donors (Lipinski definition) is 0. The quantitative estimate of drug-likeness (QED) is 0.643. The Labute approximate surface area is 92.2 Å². The number of carbonyl (C=O) groups excluding carboxylic acids is 1. The molecule has 0 aliphatic carbocycles. The first-order chi connectivity index (χ1) is 7.04. The van der Waals surface area contributed by atoms with E-state index in [2.05, 4.69) is 35.4 Å². The van der Waals surface area contributed by atoms with Crippen LogP contribution in [0.3, 0.4) is 0 Å². The van der Waals surface area contributed by atoms with E-state index in [9.17, 15) is 4.79 Å². The van der Waals surface area contributed by atoms with Gasteiger partial charge in [-0.2, -0.15) is 0 Å². The minimum absolute atomic E-state index is 0.117. The molecule has 1 rings (SSSR count). The topological polar surface area (TPSA) is 32.8 Å². The van der Waals surface area contributed by atoms with Gasteiger partial charge in [0, 0.05) is 31.7 Å². The van der Waals surface area contributed by atoms with E-state index in [0.29, 0.717) is 12.5 Å². The zero-order valence-electron chi connectivity index (χ0n) is 10.2. The smallest absolute Gasteiger partial charge is 0.307 e. The molecule has 2 unspecified atom stereocenters. The van der Waals surface area contributed by atoms with Gasteiger partial charge in [-0.1, -0.05) is 0 Å². The number of likely N-dealkylation sites (N-methyl/N-ethyl adjacent to an activating group) is 1. The van der Waals surface area contributed by atoms with Gasteiger partial charge in [0.15, 0.2) is 0 Å². The van der Waals surface area contributed by atoms with Gasteiger partial charge in [0.1, 0.15) is 0 Å². The molecule has 0 aromatic rings. The predicted octanol–water partition coefficient (Wildman–Crippen LogP) is 0.574. The minimum atomic E-state index is -0.117. The molecule has 0 N–H and O–H groups in total. The molecule has 4 heteroatoms. The van der Waals surface area contributed by atoms with E-state index in [0.717, 1.165) is 19.6 Å². The molecule has 2 atom stereocenters. The summed E-state index contributed by atoms with van der Waals surface area (Å²) in [6.45, 7) is 7.46. The van der Waals surface area contributed by atoms with Crippen molar-refractivity contribution in [3.63, 3.8) is 0 Å². The third kappa shape index (κ3) is 3.47. The third-order valence-electron chi connectivity index (χ3n) is 3.30. The molecule has 4 nitrogen and oxygen atoms in total. The Kier molecular flexibility index (Phi) is 4.54. The highest BCUT2D eigenvalue weighted by molar-refractivity contribution is 5.69. The van der Waals surface area contributed by atoms with Gasteiger partial charge in [0.25, 0.3) is 0 Å². The number of hydrogen-bond acceptors (Lipinski definition) is 4. The standard InChI is InChI=1S/C11H22N2O2/c1-9(7-11(14)15-4)13-6-5-12(3)10(2)8-13/h9-10H,5-8H2,1-4H3. The van der Waals surface area contributed by atoms with Gasteiger partial charge in [0.05, 0.1) is 13.5 Å². The Morgan fingerprint density at radius 2 is 2.20 bits per heavy atom. The van der Waals surface area contributed by atoms with Gasteiger partial charge in [-0.3, -0.25) is 9.69 Å². The van der Waals surface area contributed by atoms with Crippen LogP contribution >= 0.6 is 0 Å². The molecule has 0 aromatic carbocycles. The highest BCUT2D eigenvalue weighted by atomic mass is 16.5. The van der Waals surface area contributed by atoms with E-state index in [1.54, 1.807) is 0 Å². The summed E-state index contributed by atoms with van der Waals surface area (Å²) >= 11 is 0. The first-order valence-electron chi connectivity index (χ1n) is 5.55. The van der Waals surface area contributed by atoms with Gasteiger partial charge in [0.2, 0.25) is 0 Å². The fraction of sp³-hybridized carbons (Fsp3) is 0.909. The Hall–Kier alpha value is -0.610. The molecule has 0 spiro atoms. The van der Waals surface area contributed by atoms with E-state index in [1.165, 1.54) is 7.11 Å². The van der Waals surface area contributed by atoms with E-state index in [-0.39, 0.29) is 12.0 Å². The van der Waals surface area contributed by atoms with Crippen molar-refractivity contribution in [2.75, 3.05) is 33.8 Å². The summed E-state index contributed by atoms with van der Waals surface area (Å²) in [4.78, 5) is 15.9. The van der Waals surface area contributed by atoms with Crippen LogP contribution in [0.15, 0.2) is 0 Å². The average Bonchev–Trinajstić information content (AvgIpc) is 2.21. The maximum Gasteiger partial charge on any atom is 0.307 e. The van der Waals surface area contributed by atoms with E-state index < -0.39 is 0 Å². The molecule has 0 saturated carbocycles. The highest BCUT2D eigenvalue weighted by Crippen LogP contribution is 2.12. The zero-order chi connectivity index (χ0) is 11.4. The van der Waals surface area contributed by atoms with Crippen LogP contribution in [0.1, 0.15) is 20.3 Å². The molecular weight excluding hydrogens is 192 g/mol. The van der Waals surface area contributed by atoms with Crippen LogP contribution < -0.4 is 0 Å². The maximum absolute atomic E-state index is 11.2. The molecule has 1 fully saturated rings. The van der Waals surface area contributed by atoms with E-state index in [1.807, 2.05) is 0 Å². The Morgan fingerprint density at radius 3 is 2.73 bits per heavy atom. The van der Waals surface area contributed by atoms with Crippen molar-refractivity contribution in [3.8, 4) is 0 Å². The Morgan fingerprint density at radius 1 is 1.53 bits per heavy atom. The fourth-order valence-corrected chi connectivity index (χ4v) is 1.93. The summed E-state index contributed by atoms with van der Waals surface area (Å²) in [6.07, 6.45) is 0.493. The summed E-state index contributed by atoms with van der Waals surface area (Å²) < 4.78 is 4.68.